The maximum atomic E-state index is 13.2. The van der Waals surface area contributed by atoms with E-state index in [1.165, 1.54) is 23.5 Å². The van der Waals surface area contributed by atoms with E-state index in [1.54, 1.807) is 16.6 Å². The summed E-state index contributed by atoms with van der Waals surface area (Å²) in [6.07, 6.45) is 4.35. The van der Waals surface area contributed by atoms with Crippen molar-refractivity contribution in [1.29, 1.82) is 0 Å². The van der Waals surface area contributed by atoms with Crippen molar-refractivity contribution in [3.8, 4) is 11.3 Å². The van der Waals surface area contributed by atoms with Crippen LogP contribution in [0.25, 0.3) is 16.2 Å². The molecule has 164 valence electrons. The molecule has 0 aliphatic carbocycles. The number of piperidine rings is 1. The predicted molar refractivity (Wildman–Crippen MR) is 126 cm³/mol. The number of benzene rings is 2. The number of halogens is 1. The molecule has 5 rings (SSSR count). The largest absolute Gasteiger partial charge is 0.347 e. The van der Waals surface area contributed by atoms with Crippen molar-refractivity contribution in [3.05, 3.63) is 66.1 Å². The molecule has 3 heterocycles. The Morgan fingerprint density at radius 3 is 2.62 bits per heavy atom. The SMILES string of the molecule is CCc1ccccc1NC(=O)C1CCN(c2nn3cc(-c4ccc(F)cc4)nc3s2)CC1. The Labute approximate surface area is 189 Å². The minimum absolute atomic E-state index is 0.00489. The van der Waals surface area contributed by atoms with Crippen LogP contribution in [0.4, 0.5) is 15.2 Å². The first-order valence-electron chi connectivity index (χ1n) is 10.9. The number of aromatic nitrogens is 3. The number of para-hydroxylation sites is 1. The van der Waals surface area contributed by atoms with E-state index >= 15 is 0 Å². The third-order valence-corrected chi connectivity index (χ3v) is 6.95. The van der Waals surface area contributed by atoms with Gasteiger partial charge >= 0.3 is 0 Å². The lowest BCUT2D eigenvalue weighted by Gasteiger charge is -2.30. The van der Waals surface area contributed by atoms with Crippen molar-refractivity contribution in [1.82, 2.24) is 14.6 Å². The molecule has 0 unspecified atom stereocenters. The number of carbonyl (C=O) groups excluding carboxylic acids is 1. The molecule has 1 fully saturated rings. The van der Waals surface area contributed by atoms with E-state index < -0.39 is 0 Å². The van der Waals surface area contributed by atoms with Gasteiger partial charge in [0.1, 0.15) is 5.82 Å². The van der Waals surface area contributed by atoms with E-state index in [4.69, 9.17) is 0 Å². The van der Waals surface area contributed by atoms with E-state index in [1.807, 2.05) is 24.4 Å². The first-order valence-corrected chi connectivity index (χ1v) is 11.7. The number of nitrogens with zero attached hydrogens (tertiary/aromatic N) is 4. The molecule has 0 atom stereocenters. The highest BCUT2D eigenvalue weighted by molar-refractivity contribution is 7.20. The lowest BCUT2D eigenvalue weighted by Crippen LogP contribution is -2.38. The van der Waals surface area contributed by atoms with Crippen LogP contribution in [0.15, 0.2) is 54.7 Å². The van der Waals surface area contributed by atoms with Crippen molar-refractivity contribution in [2.45, 2.75) is 26.2 Å². The second-order valence-electron chi connectivity index (χ2n) is 8.01. The van der Waals surface area contributed by atoms with Gasteiger partial charge in [-0.25, -0.2) is 13.9 Å². The molecule has 2 aromatic heterocycles. The zero-order valence-corrected chi connectivity index (χ0v) is 18.6. The summed E-state index contributed by atoms with van der Waals surface area (Å²) in [5, 5.41) is 8.72. The minimum atomic E-state index is -0.262. The van der Waals surface area contributed by atoms with Gasteiger partial charge in [0.05, 0.1) is 11.9 Å². The normalized spacial score (nSPS) is 14.8. The topological polar surface area (TPSA) is 62.5 Å². The second-order valence-corrected chi connectivity index (χ2v) is 8.94. The second kappa shape index (κ2) is 8.70. The molecule has 0 radical (unpaired) electrons. The molecular formula is C24H24FN5OS. The predicted octanol–water partition coefficient (Wildman–Crippen LogP) is 5.01. The number of anilines is 2. The summed E-state index contributed by atoms with van der Waals surface area (Å²) in [4.78, 5) is 20.5. The molecule has 0 bridgehead atoms. The Hall–Kier alpha value is -3.26. The van der Waals surface area contributed by atoms with Crippen LogP contribution in [0, 0.1) is 11.7 Å². The summed E-state index contributed by atoms with van der Waals surface area (Å²) in [6.45, 7) is 3.67. The maximum absolute atomic E-state index is 13.2. The zero-order chi connectivity index (χ0) is 22.1. The number of amides is 1. The fourth-order valence-corrected chi connectivity index (χ4v) is 5.03. The van der Waals surface area contributed by atoms with Crippen LogP contribution in [0.1, 0.15) is 25.3 Å². The molecule has 8 heteroatoms. The number of hydrogen-bond acceptors (Lipinski definition) is 5. The number of rotatable bonds is 5. The van der Waals surface area contributed by atoms with Gasteiger partial charge in [0.25, 0.3) is 0 Å². The van der Waals surface area contributed by atoms with Gasteiger partial charge in [0, 0.05) is 30.3 Å². The number of fused-ring (bicyclic) bond motifs is 1. The molecule has 1 aliphatic heterocycles. The highest BCUT2D eigenvalue weighted by Gasteiger charge is 2.27. The van der Waals surface area contributed by atoms with Crippen LogP contribution >= 0.6 is 11.3 Å². The molecule has 1 aliphatic rings. The summed E-state index contributed by atoms with van der Waals surface area (Å²) in [7, 11) is 0. The van der Waals surface area contributed by atoms with Crippen molar-refractivity contribution in [2.75, 3.05) is 23.3 Å². The fourth-order valence-electron chi connectivity index (χ4n) is 4.10. The van der Waals surface area contributed by atoms with Crippen molar-refractivity contribution < 1.29 is 9.18 Å². The van der Waals surface area contributed by atoms with E-state index in [0.717, 1.165) is 65.0 Å². The van der Waals surface area contributed by atoms with Crippen LogP contribution in [0.5, 0.6) is 0 Å². The molecule has 0 spiro atoms. The van der Waals surface area contributed by atoms with Gasteiger partial charge in [0.2, 0.25) is 16.0 Å². The highest BCUT2D eigenvalue weighted by atomic mass is 32.1. The summed E-state index contributed by atoms with van der Waals surface area (Å²) in [5.74, 6) is -0.157. The summed E-state index contributed by atoms with van der Waals surface area (Å²) >= 11 is 1.53. The first kappa shape index (κ1) is 20.6. The van der Waals surface area contributed by atoms with Gasteiger partial charge in [-0.05, 0) is 55.2 Å². The van der Waals surface area contributed by atoms with Gasteiger partial charge in [-0.3, -0.25) is 4.79 Å². The van der Waals surface area contributed by atoms with Crippen LogP contribution in [0.2, 0.25) is 0 Å². The van der Waals surface area contributed by atoms with Gasteiger partial charge in [0.15, 0.2) is 0 Å². The van der Waals surface area contributed by atoms with Crippen LogP contribution in [-0.2, 0) is 11.2 Å². The number of hydrogen-bond donors (Lipinski definition) is 1. The lowest BCUT2D eigenvalue weighted by molar-refractivity contribution is -0.120. The van der Waals surface area contributed by atoms with Crippen molar-refractivity contribution in [3.63, 3.8) is 0 Å². The maximum Gasteiger partial charge on any atom is 0.227 e. The van der Waals surface area contributed by atoms with E-state index in [0.29, 0.717) is 0 Å². The van der Waals surface area contributed by atoms with Gasteiger partial charge in [-0.2, -0.15) is 0 Å². The Morgan fingerprint density at radius 1 is 1.16 bits per heavy atom. The lowest BCUT2D eigenvalue weighted by atomic mass is 9.96. The molecule has 6 nitrogen and oxygen atoms in total. The van der Waals surface area contributed by atoms with Gasteiger partial charge in [-0.1, -0.05) is 36.5 Å². The van der Waals surface area contributed by atoms with Gasteiger partial charge in [-0.15, -0.1) is 5.10 Å². The first-order chi connectivity index (χ1) is 15.6. The van der Waals surface area contributed by atoms with Crippen LogP contribution < -0.4 is 10.2 Å². The number of carbonyl (C=O) groups is 1. The Balaban J connectivity index is 1.22. The third-order valence-electron chi connectivity index (χ3n) is 5.96. The summed E-state index contributed by atoms with van der Waals surface area (Å²) in [5.41, 5.74) is 3.71. The monoisotopic (exact) mass is 449 g/mol. The Bertz CT molecular complexity index is 1210. The van der Waals surface area contributed by atoms with E-state index in [-0.39, 0.29) is 17.6 Å². The average Bonchev–Trinajstić information content (AvgIpc) is 3.40. The average molecular weight is 450 g/mol. The minimum Gasteiger partial charge on any atom is -0.347 e. The molecule has 0 saturated carbocycles. The standard InChI is InChI=1S/C24H24FN5OS/c1-2-16-5-3-4-6-20(16)26-22(31)18-11-13-29(14-12-18)24-28-30-15-21(27-23(30)32-24)17-7-9-19(25)10-8-17/h3-10,15,18H,2,11-14H2,1H3,(H,26,31). The number of nitrogens with one attached hydrogen (secondary N) is 1. The smallest absolute Gasteiger partial charge is 0.227 e. The molecule has 1 N–H and O–H groups in total. The van der Waals surface area contributed by atoms with Crippen molar-refractivity contribution in [2.24, 2.45) is 5.92 Å². The Morgan fingerprint density at radius 2 is 1.91 bits per heavy atom. The fraction of sp³-hybridized carbons (Fsp3) is 0.292. The Kier molecular flexibility index (Phi) is 5.61. The molecule has 1 saturated heterocycles. The molecular weight excluding hydrogens is 425 g/mol. The summed E-state index contributed by atoms with van der Waals surface area (Å²) < 4.78 is 14.9. The summed E-state index contributed by atoms with van der Waals surface area (Å²) in [6, 6.07) is 14.3. The molecule has 1 amide bonds. The van der Waals surface area contributed by atoms with Crippen LogP contribution in [0.3, 0.4) is 0 Å². The third kappa shape index (κ3) is 4.10. The van der Waals surface area contributed by atoms with Crippen LogP contribution in [-0.4, -0.2) is 33.6 Å². The highest BCUT2D eigenvalue weighted by Crippen LogP contribution is 2.30. The number of imidazole rings is 1. The van der Waals surface area contributed by atoms with Gasteiger partial charge < -0.3 is 10.2 Å². The molecule has 32 heavy (non-hydrogen) atoms. The zero-order valence-electron chi connectivity index (χ0n) is 17.8. The molecule has 2 aromatic carbocycles. The molecule has 4 aromatic rings. The van der Waals surface area contributed by atoms with Crippen molar-refractivity contribution >= 4 is 33.0 Å². The number of aryl methyl sites for hydroxylation is 1. The van der Waals surface area contributed by atoms with E-state index in [2.05, 4.69) is 33.3 Å². The van der Waals surface area contributed by atoms with E-state index in [9.17, 15) is 9.18 Å². The quantitative estimate of drug-likeness (QED) is 0.465.